The van der Waals surface area contributed by atoms with Crippen molar-refractivity contribution in [3.8, 4) is 5.75 Å². The van der Waals surface area contributed by atoms with Crippen molar-refractivity contribution >= 4 is 27.2 Å². The lowest BCUT2D eigenvalue weighted by atomic mass is 10.1. The summed E-state index contributed by atoms with van der Waals surface area (Å²) in [6.45, 7) is 3.39. The van der Waals surface area contributed by atoms with E-state index in [2.05, 4.69) is 0 Å². The summed E-state index contributed by atoms with van der Waals surface area (Å²) in [6.07, 6.45) is 1.12. The van der Waals surface area contributed by atoms with Gasteiger partial charge in [-0.1, -0.05) is 12.1 Å². The van der Waals surface area contributed by atoms with Crippen LogP contribution in [0.1, 0.15) is 23.8 Å². The molecule has 2 rings (SSSR count). The Morgan fingerprint density at radius 2 is 1.81 bits per heavy atom. The summed E-state index contributed by atoms with van der Waals surface area (Å²) in [5, 5.41) is 0. The van der Waals surface area contributed by atoms with Crippen molar-refractivity contribution in [3.63, 3.8) is 0 Å². The van der Waals surface area contributed by atoms with Crippen LogP contribution in [0.2, 0.25) is 0 Å². The number of carbonyl (C=O) groups is 1. The van der Waals surface area contributed by atoms with Gasteiger partial charge in [0.1, 0.15) is 11.5 Å². The number of hydrogen-bond donors (Lipinski definition) is 0. The van der Waals surface area contributed by atoms with Crippen LogP contribution in [-0.4, -0.2) is 14.2 Å². The Morgan fingerprint density at radius 1 is 1.14 bits per heavy atom. The minimum Gasteiger partial charge on any atom is -0.378 e. The smallest absolute Gasteiger partial charge is 0.348 e. The van der Waals surface area contributed by atoms with E-state index >= 15 is 0 Å². The standard InChI is InChI=1S/C15H16O4S2/c1-11(16)3-5-13-6-8-14(9-7-13)19-21(17,18)15-10-4-12(2)20-15/h4,6-10H,3,5H2,1-2H3. The fourth-order valence-corrected chi connectivity index (χ4v) is 3.92. The Bertz CT molecular complexity index is 727. The fraction of sp³-hybridized carbons (Fsp3) is 0.267. The normalized spacial score (nSPS) is 11.3. The first kappa shape index (κ1) is 15.7. The Hall–Kier alpha value is -1.66. The predicted octanol–water partition coefficient (Wildman–Crippen LogP) is 3.35. The fourth-order valence-electron chi connectivity index (χ4n) is 1.75. The number of ketones is 1. The third-order valence-corrected chi connectivity index (χ3v) is 5.56. The van der Waals surface area contributed by atoms with Crippen LogP contribution < -0.4 is 4.18 Å². The van der Waals surface area contributed by atoms with Gasteiger partial charge in [0.25, 0.3) is 0 Å². The zero-order valence-electron chi connectivity index (χ0n) is 11.8. The van der Waals surface area contributed by atoms with Crippen LogP contribution in [0, 0.1) is 6.92 Å². The summed E-state index contributed by atoms with van der Waals surface area (Å²) < 4.78 is 29.4. The predicted molar refractivity (Wildman–Crippen MR) is 82.3 cm³/mol. The lowest BCUT2D eigenvalue weighted by Crippen LogP contribution is -2.07. The molecule has 0 spiro atoms. The largest absolute Gasteiger partial charge is 0.378 e. The van der Waals surface area contributed by atoms with Crippen molar-refractivity contribution < 1.29 is 17.4 Å². The van der Waals surface area contributed by atoms with E-state index in [1.54, 1.807) is 37.3 Å². The molecule has 0 aliphatic carbocycles. The van der Waals surface area contributed by atoms with E-state index in [0.717, 1.165) is 10.4 Å². The van der Waals surface area contributed by atoms with Gasteiger partial charge in [-0.2, -0.15) is 8.42 Å². The van der Waals surface area contributed by atoms with Gasteiger partial charge in [-0.3, -0.25) is 0 Å². The highest BCUT2D eigenvalue weighted by Crippen LogP contribution is 2.25. The Kier molecular flexibility index (Phi) is 4.80. The number of benzene rings is 1. The molecule has 4 nitrogen and oxygen atoms in total. The molecule has 0 bridgehead atoms. The number of thiophene rings is 1. The van der Waals surface area contributed by atoms with Gasteiger partial charge >= 0.3 is 10.1 Å². The van der Waals surface area contributed by atoms with Gasteiger partial charge in [-0.05, 0) is 50.1 Å². The summed E-state index contributed by atoms with van der Waals surface area (Å²) in [5.41, 5.74) is 0.974. The lowest BCUT2D eigenvalue weighted by Gasteiger charge is -2.06. The molecule has 2 aromatic rings. The molecule has 0 N–H and O–H groups in total. The van der Waals surface area contributed by atoms with Gasteiger partial charge in [0.05, 0.1) is 0 Å². The maximum atomic E-state index is 12.1. The molecule has 21 heavy (non-hydrogen) atoms. The second-order valence-corrected chi connectivity index (χ2v) is 7.81. The molecule has 0 saturated carbocycles. The molecule has 0 fully saturated rings. The average molecular weight is 324 g/mol. The maximum Gasteiger partial charge on any atom is 0.348 e. The van der Waals surface area contributed by atoms with Crippen molar-refractivity contribution in [2.24, 2.45) is 0 Å². The van der Waals surface area contributed by atoms with Crippen LogP contribution in [0.5, 0.6) is 5.75 Å². The van der Waals surface area contributed by atoms with E-state index in [-0.39, 0.29) is 15.7 Å². The first-order valence-corrected chi connectivity index (χ1v) is 8.68. The molecule has 0 aliphatic heterocycles. The zero-order chi connectivity index (χ0) is 15.5. The SMILES string of the molecule is CC(=O)CCc1ccc(OS(=O)(=O)c2ccc(C)s2)cc1. The van der Waals surface area contributed by atoms with Gasteiger partial charge in [-0.25, -0.2) is 0 Å². The quantitative estimate of drug-likeness (QED) is 0.765. The summed E-state index contributed by atoms with van der Waals surface area (Å²) >= 11 is 1.18. The van der Waals surface area contributed by atoms with Crippen LogP contribution in [0.3, 0.4) is 0 Å². The number of aryl methyl sites for hydroxylation is 2. The molecule has 0 atom stereocenters. The van der Waals surface area contributed by atoms with Gasteiger partial charge < -0.3 is 8.98 Å². The van der Waals surface area contributed by atoms with Gasteiger partial charge in [0, 0.05) is 11.3 Å². The third kappa shape index (κ3) is 4.41. The van der Waals surface area contributed by atoms with E-state index < -0.39 is 10.1 Å². The van der Waals surface area contributed by atoms with Gasteiger partial charge in [0.15, 0.2) is 4.21 Å². The lowest BCUT2D eigenvalue weighted by molar-refractivity contribution is -0.116. The van der Waals surface area contributed by atoms with Crippen LogP contribution in [0.15, 0.2) is 40.6 Å². The highest BCUT2D eigenvalue weighted by molar-refractivity contribution is 7.89. The molecule has 0 radical (unpaired) electrons. The maximum absolute atomic E-state index is 12.1. The molecule has 0 unspecified atom stereocenters. The van der Waals surface area contributed by atoms with Crippen molar-refractivity contribution in [2.75, 3.05) is 0 Å². The topological polar surface area (TPSA) is 60.4 Å². The van der Waals surface area contributed by atoms with Crippen molar-refractivity contribution in [3.05, 3.63) is 46.8 Å². The second-order valence-electron chi connectivity index (χ2n) is 4.75. The summed E-state index contributed by atoms with van der Waals surface area (Å²) in [4.78, 5) is 11.8. The summed E-state index contributed by atoms with van der Waals surface area (Å²) in [5.74, 6) is 0.401. The van der Waals surface area contributed by atoms with E-state index in [4.69, 9.17) is 4.18 Å². The minimum absolute atomic E-state index is 0.131. The van der Waals surface area contributed by atoms with Gasteiger partial charge in [0.2, 0.25) is 0 Å². The van der Waals surface area contributed by atoms with Crippen molar-refractivity contribution in [2.45, 2.75) is 30.9 Å². The van der Waals surface area contributed by atoms with Crippen LogP contribution in [0.4, 0.5) is 0 Å². The first-order valence-electron chi connectivity index (χ1n) is 6.46. The minimum atomic E-state index is -3.77. The Balaban J connectivity index is 2.08. The van der Waals surface area contributed by atoms with Crippen LogP contribution in [-0.2, 0) is 21.3 Å². The molecule has 1 aromatic carbocycles. The Labute approximate surface area is 128 Å². The molecular weight excluding hydrogens is 308 g/mol. The second kappa shape index (κ2) is 6.41. The van der Waals surface area contributed by atoms with E-state index in [1.165, 1.54) is 17.4 Å². The average Bonchev–Trinajstić information content (AvgIpc) is 2.85. The first-order chi connectivity index (χ1) is 9.87. The number of rotatable bonds is 6. The molecule has 1 aromatic heterocycles. The van der Waals surface area contributed by atoms with E-state index in [9.17, 15) is 13.2 Å². The van der Waals surface area contributed by atoms with E-state index in [1.807, 2.05) is 6.92 Å². The number of carbonyl (C=O) groups excluding carboxylic acids is 1. The van der Waals surface area contributed by atoms with E-state index in [0.29, 0.717) is 12.8 Å². The highest BCUT2D eigenvalue weighted by Gasteiger charge is 2.18. The zero-order valence-corrected chi connectivity index (χ0v) is 13.5. The molecule has 0 amide bonds. The third-order valence-electron chi connectivity index (χ3n) is 2.86. The Morgan fingerprint density at radius 3 is 2.33 bits per heavy atom. The van der Waals surface area contributed by atoms with Crippen molar-refractivity contribution in [1.82, 2.24) is 0 Å². The molecule has 0 saturated heterocycles. The van der Waals surface area contributed by atoms with Crippen LogP contribution >= 0.6 is 11.3 Å². The summed E-state index contributed by atoms with van der Waals surface area (Å²) in [7, 11) is -3.77. The number of Topliss-reactive ketones (excluding diaryl/α,β-unsaturated/α-hetero) is 1. The molecule has 0 aliphatic rings. The van der Waals surface area contributed by atoms with Gasteiger partial charge in [-0.15, -0.1) is 11.3 Å². The molecular formula is C15H16O4S2. The monoisotopic (exact) mass is 324 g/mol. The molecule has 112 valence electrons. The molecule has 6 heteroatoms. The van der Waals surface area contributed by atoms with Crippen molar-refractivity contribution in [1.29, 1.82) is 0 Å². The highest BCUT2D eigenvalue weighted by atomic mass is 32.3. The number of hydrogen-bond acceptors (Lipinski definition) is 5. The molecule has 1 heterocycles. The summed E-state index contributed by atoms with van der Waals surface area (Å²) in [6, 6.07) is 10.0. The van der Waals surface area contributed by atoms with Crippen LogP contribution in [0.25, 0.3) is 0 Å².